The van der Waals surface area contributed by atoms with Gasteiger partial charge in [0.05, 0.1) is 11.7 Å². The Balaban J connectivity index is 2.58. The quantitative estimate of drug-likeness (QED) is 0.670. The van der Waals surface area contributed by atoms with Crippen molar-refractivity contribution in [2.75, 3.05) is 12.3 Å². The third-order valence-electron chi connectivity index (χ3n) is 1.84. The number of hydrogen-bond donors (Lipinski definition) is 1. The van der Waals surface area contributed by atoms with Gasteiger partial charge in [0.25, 0.3) is 0 Å². The SMILES string of the molecule is CC(C)OC(=O)COC(=O)c1cc(N)cc(Cl)c1. The van der Waals surface area contributed by atoms with Gasteiger partial charge >= 0.3 is 11.9 Å². The largest absolute Gasteiger partial charge is 0.460 e. The van der Waals surface area contributed by atoms with Crippen molar-refractivity contribution < 1.29 is 19.1 Å². The Hall–Kier alpha value is -1.75. The van der Waals surface area contributed by atoms with Crippen LogP contribution in [0.15, 0.2) is 18.2 Å². The lowest BCUT2D eigenvalue weighted by Crippen LogP contribution is -2.19. The number of carbonyl (C=O) groups is 2. The van der Waals surface area contributed by atoms with Gasteiger partial charge in [0, 0.05) is 10.7 Å². The predicted molar refractivity (Wildman–Crippen MR) is 67.4 cm³/mol. The third kappa shape index (κ3) is 4.63. The molecule has 0 aliphatic heterocycles. The number of nitrogen functional groups attached to an aromatic ring is 1. The van der Waals surface area contributed by atoms with Crippen LogP contribution in [0.3, 0.4) is 0 Å². The molecule has 0 heterocycles. The number of hydrogen-bond acceptors (Lipinski definition) is 5. The Morgan fingerprint density at radius 1 is 1.33 bits per heavy atom. The van der Waals surface area contributed by atoms with Gasteiger partial charge in [-0.3, -0.25) is 0 Å². The molecule has 0 spiro atoms. The molecule has 0 aliphatic rings. The van der Waals surface area contributed by atoms with Crippen LogP contribution < -0.4 is 5.73 Å². The van der Waals surface area contributed by atoms with Crippen LogP contribution >= 0.6 is 11.6 Å². The number of rotatable bonds is 4. The number of halogens is 1. The van der Waals surface area contributed by atoms with Gasteiger partial charge in [0.1, 0.15) is 0 Å². The lowest BCUT2D eigenvalue weighted by atomic mass is 10.2. The molecule has 0 aromatic heterocycles. The molecule has 6 heteroatoms. The molecule has 0 saturated carbocycles. The summed E-state index contributed by atoms with van der Waals surface area (Å²) in [6.45, 7) is 2.97. The smallest absolute Gasteiger partial charge is 0.344 e. The van der Waals surface area contributed by atoms with Gasteiger partial charge in [-0.2, -0.15) is 0 Å². The van der Waals surface area contributed by atoms with Crippen molar-refractivity contribution in [2.45, 2.75) is 20.0 Å². The molecule has 0 atom stereocenters. The fraction of sp³-hybridized carbons (Fsp3) is 0.333. The average molecular weight is 272 g/mol. The summed E-state index contributed by atoms with van der Waals surface area (Å²) in [5.41, 5.74) is 6.07. The van der Waals surface area contributed by atoms with E-state index in [2.05, 4.69) is 0 Å². The van der Waals surface area contributed by atoms with Crippen molar-refractivity contribution in [1.29, 1.82) is 0 Å². The Labute approximate surface area is 110 Å². The highest BCUT2D eigenvalue weighted by Crippen LogP contribution is 2.17. The van der Waals surface area contributed by atoms with Crippen molar-refractivity contribution in [1.82, 2.24) is 0 Å². The molecule has 1 rings (SSSR count). The third-order valence-corrected chi connectivity index (χ3v) is 2.06. The minimum absolute atomic E-state index is 0.192. The number of ether oxygens (including phenoxy) is 2. The highest BCUT2D eigenvalue weighted by molar-refractivity contribution is 6.31. The van der Waals surface area contributed by atoms with Crippen LogP contribution in [0.2, 0.25) is 5.02 Å². The molecule has 0 fully saturated rings. The van der Waals surface area contributed by atoms with Gasteiger partial charge in [0.2, 0.25) is 0 Å². The van der Waals surface area contributed by atoms with Crippen LogP contribution in [0.1, 0.15) is 24.2 Å². The van der Waals surface area contributed by atoms with Crippen LogP contribution in [0, 0.1) is 0 Å². The van der Waals surface area contributed by atoms with Gasteiger partial charge in [-0.15, -0.1) is 0 Å². The zero-order valence-corrected chi connectivity index (χ0v) is 10.9. The summed E-state index contributed by atoms with van der Waals surface area (Å²) in [6, 6.07) is 4.33. The van der Waals surface area contributed by atoms with E-state index in [1.54, 1.807) is 13.8 Å². The maximum absolute atomic E-state index is 11.6. The summed E-state index contributed by atoms with van der Waals surface area (Å²) in [6.07, 6.45) is -0.252. The van der Waals surface area contributed by atoms with Gasteiger partial charge < -0.3 is 15.2 Å². The molecule has 2 N–H and O–H groups in total. The molecule has 0 amide bonds. The summed E-state index contributed by atoms with van der Waals surface area (Å²) in [5.74, 6) is -1.28. The highest BCUT2D eigenvalue weighted by atomic mass is 35.5. The maximum Gasteiger partial charge on any atom is 0.344 e. The van der Waals surface area contributed by atoms with Gasteiger partial charge in [-0.1, -0.05) is 11.6 Å². The first-order chi connectivity index (χ1) is 8.38. The zero-order valence-electron chi connectivity index (χ0n) is 10.1. The minimum Gasteiger partial charge on any atom is -0.460 e. The van der Waals surface area contributed by atoms with Crippen LogP contribution in [-0.2, 0) is 14.3 Å². The zero-order chi connectivity index (χ0) is 13.7. The van der Waals surface area contributed by atoms with Crippen LogP contribution in [-0.4, -0.2) is 24.6 Å². The summed E-state index contributed by atoms with van der Waals surface area (Å²) >= 11 is 5.75. The molecule has 0 unspecified atom stereocenters. The fourth-order valence-corrected chi connectivity index (χ4v) is 1.48. The molecule has 5 nitrogen and oxygen atoms in total. The monoisotopic (exact) mass is 271 g/mol. The molecular weight excluding hydrogens is 258 g/mol. The van der Waals surface area contributed by atoms with Crippen molar-refractivity contribution in [3.63, 3.8) is 0 Å². The Bertz CT molecular complexity index is 439. The first kappa shape index (κ1) is 14.3. The normalized spacial score (nSPS) is 10.2. The van der Waals surface area contributed by atoms with E-state index in [-0.39, 0.29) is 11.7 Å². The number of anilines is 1. The maximum atomic E-state index is 11.6. The van der Waals surface area contributed by atoms with Crippen LogP contribution in [0.25, 0.3) is 0 Å². The molecule has 98 valence electrons. The van der Waals surface area contributed by atoms with E-state index in [1.165, 1.54) is 18.2 Å². The van der Waals surface area contributed by atoms with Crippen molar-refractivity contribution in [2.24, 2.45) is 0 Å². The lowest BCUT2D eigenvalue weighted by molar-refractivity contribution is -0.150. The summed E-state index contributed by atoms with van der Waals surface area (Å²) in [4.78, 5) is 22.8. The van der Waals surface area contributed by atoms with E-state index < -0.39 is 18.5 Å². The summed E-state index contributed by atoms with van der Waals surface area (Å²) in [5, 5.41) is 0.326. The standard InChI is InChI=1S/C12H14ClNO4/c1-7(2)18-11(15)6-17-12(16)8-3-9(13)5-10(14)4-8/h3-5,7H,6,14H2,1-2H3. The van der Waals surface area contributed by atoms with Gasteiger partial charge in [0.15, 0.2) is 6.61 Å². The molecule has 18 heavy (non-hydrogen) atoms. The van der Waals surface area contributed by atoms with E-state index >= 15 is 0 Å². The van der Waals surface area contributed by atoms with Gasteiger partial charge in [-0.05, 0) is 32.0 Å². The first-order valence-corrected chi connectivity index (χ1v) is 5.69. The molecule has 0 saturated heterocycles. The van der Waals surface area contributed by atoms with Crippen LogP contribution in [0.4, 0.5) is 5.69 Å². The van der Waals surface area contributed by atoms with E-state index in [9.17, 15) is 9.59 Å². The Morgan fingerprint density at radius 3 is 2.56 bits per heavy atom. The Morgan fingerprint density at radius 2 is 2.00 bits per heavy atom. The average Bonchev–Trinajstić information content (AvgIpc) is 2.23. The predicted octanol–water partition coefficient (Wildman–Crippen LogP) is 2.03. The molecule has 1 aromatic carbocycles. The van der Waals surface area contributed by atoms with E-state index in [1.807, 2.05) is 0 Å². The molecular formula is C12H14ClNO4. The second-order valence-electron chi connectivity index (χ2n) is 3.89. The number of benzene rings is 1. The topological polar surface area (TPSA) is 78.6 Å². The molecule has 0 aliphatic carbocycles. The van der Waals surface area contributed by atoms with Crippen molar-refractivity contribution in [3.8, 4) is 0 Å². The second kappa shape index (κ2) is 6.26. The van der Waals surface area contributed by atoms with E-state index in [0.29, 0.717) is 10.7 Å². The number of carbonyl (C=O) groups excluding carboxylic acids is 2. The summed E-state index contributed by atoms with van der Waals surface area (Å²) in [7, 11) is 0. The first-order valence-electron chi connectivity index (χ1n) is 5.31. The number of esters is 2. The molecule has 0 radical (unpaired) electrons. The fourth-order valence-electron chi connectivity index (χ4n) is 1.23. The van der Waals surface area contributed by atoms with E-state index in [0.717, 1.165) is 0 Å². The molecule has 0 bridgehead atoms. The lowest BCUT2D eigenvalue weighted by Gasteiger charge is -2.08. The van der Waals surface area contributed by atoms with Crippen molar-refractivity contribution in [3.05, 3.63) is 28.8 Å². The highest BCUT2D eigenvalue weighted by Gasteiger charge is 2.13. The van der Waals surface area contributed by atoms with E-state index in [4.69, 9.17) is 26.8 Å². The summed E-state index contributed by atoms with van der Waals surface area (Å²) < 4.78 is 9.59. The number of nitrogens with two attached hydrogens (primary N) is 1. The van der Waals surface area contributed by atoms with Crippen LogP contribution in [0.5, 0.6) is 0 Å². The van der Waals surface area contributed by atoms with Gasteiger partial charge in [-0.25, -0.2) is 9.59 Å². The minimum atomic E-state index is -0.676. The Kier molecular flexibility index (Phi) is 4.97. The molecule has 1 aromatic rings. The second-order valence-corrected chi connectivity index (χ2v) is 4.32. The van der Waals surface area contributed by atoms with Crippen molar-refractivity contribution >= 4 is 29.2 Å².